The van der Waals surface area contributed by atoms with E-state index >= 15 is 0 Å². The van der Waals surface area contributed by atoms with Crippen LogP contribution < -0.4 is 5.43 Å². The van der Waals surface area contributed by atoms with Gasteiger partial charge in [0, 0.05) is 23.9 Å². The van der Waals surface area contributed by atoms with Gasteiger partial charge in [-0.15, -0.1) is 5.10 Å². The van der Waals surface area contributed by atoms with Crippen LogP contribution in [0, 0.1) is 0 Å². The Balaban J connectivity index is 1.89. The number of nitrogens with one attached hydrogen (secondary N) is 1. The van der Waals surface area contributed by atoms with E-state index in [2.05, 4.69) is 32.8 Å². The van der Waals surface area contributed by atoms with Gasteiger partial charge in [0.25, 0.3) is 0 Å². The lowest BCUT2D eigenvalue weighted by molar-refractivity contribution is 0.272. The Hall–Kier alpha value is -1.68. The van der Waals surface area contributed by atoms with Crippen molar-refractivity contribution in [1.82, 2.24) is 15.2 Å². The molecule has 0 spiro atoms. The second kappa shape index (κ2) is 4.67. The van der Waals surface area contributed by atoms with Crippen molar-refractivity contribution < 1.29 is 0 Å². The average molecular weight is 228 g/mol. The molecule has 0 saturated carbocycles. The Kier molecular flexibility index (Phi) is 2.88. The standard InChI is InChI=1S/C13H16N4/c1-4-8-17(9-5-1)16-13-12-7-3-2-6-11(12)10-14-15-13/h2-3,6-7,10H,1,4-5,8-9H2,(H,15,16). The molecule has 0 amide bonds. The van der Waals surface area contributed by atoms with E-state index in [9.17, 15) is 0 Å². The second-order valence-corrected chi connectivity index (χ2v) is 4.44. The van der Waals surface area contributed by atoms with Crippen molar-refractivity contribution in [2.75, 3.05) is 18.5 Å². The molecule has 0 radical (unpaired) electrons. The maximum Gasteiger partial charge on any atom is 0.170 e. The zero-order valence-corrected chi connectivity index (χ0v) is 9.76. The molecular formula is C13H16N4. The third-order valence-corrected chi connectivity index (χ3v) is 3.19. The van der Waals surface area contributed by atoms with Crippen LogP contribution >= 0.6 is 0 Å². The molecule has 1 aliphatic heterocycles. The fraction of sp³-hybridized carbons (Fsp3) is 0.385. The molecule has 2 aromatic rings. The van der Waals surface area contributed by atoms with Crippen LogP contribution in [0.5, 0.6) is 0 Å². The SMILES string of the molecule is c1ccc2c(NN3CCCCC3)nncc2c1. The molecule has 2 heterocycles. The molecule has 0 bridgehead atoms. The van der Waals surface area contributed by atoms with Crippen LogP contribution in [-0.2, 0) is 0 Å². The number of hydrogen-bond donors (Lipinski definition) is 1. The number of rotatable bonds is 2. The summed E-state index contributed by atoms with van der Waals surface area (Å²) >= 11 is 0. The molecular weight excluding hydrogens is 212 g/mol. The summed E-state index contributed by atoms with van der Waals surface area (Å²) in [6.45, 7) is 2.18. The van der Waals surface area contributed by atoms with Crippen molar-refractivity contribution in [2.24, 2.45) is 0 Å². The summed E-state index contributed by atoms with van der Waals surface area (Å²) in [5.74, 6) is 0.866. The first-order valence-corrected chi connectivity index (χ1v) is 6.15. The molecule has 0 unspecified atom stereocenters. The molecule has 4 heteroatoms. The van der Waals surface area contributed by atoms with Crippen LogP contribution in [-0.4, -0.2) is 28.3 Å². The Morgan fingerprint density at radius 3 is 2.76 bits per heavy atom. The predicted molar refractivity (Wildman–Crippen MR) is 68.6 cm³/mol. The Morgan fingerprint density at radius 1 is 1.06 bits per heavy atom. The molecule has 0 aliphatic carbocycles. The summed E-state index contributed by atoms with van der Waals surface area (Å²) in [5, 5.41) is 12.7. The highest BCUT2D eigenvalue weighted by Crippen LogP contribution is 2.20. The number of hydrogen-bond acceptors (Lipinski definition) is 4. The van der Waals surface area contributed by atoms with Gasteiger partial charge < -0.3 is 5.43 Å². The minimum absolute atomic E-state index is 0.866. The highest BCUT2D eigenvalue weighted by Gasteiger charge is 2.11. The average Bonchev–Trinajstić information content (AvgIpc) is 2.40. The fourth-order valence-electron chi connectivity index (χ4n) is 2.27. The van der Waals surface area contributed by atoms with Crippen LogP contribution in [0.1, 0.15) is 19.3 Å². The summed E-state index contributed by atoms with van der Waals surface area (Å²) in [6, 6.07) is 8.20. The first-order chi connectivity index (χ1) is 8.43. The Bertz CT molecular complexity index is 500. The first-order valence-electron chi connectivity index (χ1n) is 6.15. The monoisotopic (exact) mass is 228 g/mol. The van der Waals surface area contributed by atoms with Gasteiger partial charge in [-0.25, -0.2) is 5.01 Å². The van der Waals surface area contributed by atoms with Gasteiger partial charge in [0.2, 0.25) is 0 Å². The quantitative estimate of drug-likeness (QED) is 0.857. The van der Waals surface area contributed by atoms with Crippen LogP contribution in [0.4, 0.5) is 5.82 Å². The van der Waals surface area contributed by atoms with Gasteiger partial charge in [-0.1, -0.05) is 30.7 Å². The maximum absolute atomic E-state index is 4.20. The van der Waals surface area contributed by atoms with E-state index in [1.807, 2.05) is 12.1 Å². The molecule has 17 heavy (non-hydrogen) atoms. The van der Waals surface area contributed by atoms with Gasteiger partial charge >= 0.3 is 0 Å². The Morgan fingerprint density at radius 2 is 1.88 bits per heavy atom. The number of piperidine rings is 1. The Labute approximate surface area is 101 Å². The van der Waals surface area contributed by atoms with Gasteiger partial charge in [0.1, 0.15) is 0 Å². The molecule has 4 nitrogen and oxygen atoms in total. The smallest absolute Gasteiger partial charge is 0.170 e. The molecule has 0 atom stereocenters. The zero-order valence-electron chi connectivity index (χ0n) is 9.76. The normalized spacial score (nSPS) is 17.2. The summed E-state index contributed by atoms with van der Waals surface area (Å²) in [6.07, 6.45) is 5.65. The summed E-state index contributed by atoms with van der Waals surface area (Å²) in [4.78, 5) is 0. The molecule has 1 aliphatic rings. The third kappa shape index (κ3) is 2.22. The molecule has 1 fully saturated rings. The second-order valence-electron chi connectivity index (χ2n) is 4.44. The van der Waals surface area contributed by atoms with Crippen molar-refractivity contribution in [1.29, 1.82) is 0 Å². The van der Waals surface area contributed by atoms with E-state index in [0.717, 1.165) is 29.7 Å². The summed E-state index contributed by atoms with van der Waals surface area (Å²) in [7, 11) is 0. The highest BCUT2D eigenvalue weighted by molar-refractivity contribution is 5.90. The van der Waals surface area contributed by atoms with Crippen LogP contribution in [0.3, 0.4) is 0 Å². The van der Waals surface area contributed by atoms with Crippen LogP contribution in [0.25, 0.3) is 10.8 Å². The van der Waals surface area contributed by atoms with E-state index in [1.165, 1.54) is 19.3 Å². The molecule has 1 saturated heterocycles. The van der Waals surface area contributed by atoms with Crippen molar-refractivity contribution in [3.63, 3.8) is 0 Å². The third-order valence-electron chi connectivity index (χ3n) is 3.19. The minimum Gasteiger partial charge on any atom is -0.301 e. The lowest BCUT2D eigenvalue weighted by atomic mass is 10.1. The van der Waals surface area contributed by atoms with Crippen LogP contribution in [0.2, 0.25) is 0 Å². The van der Waals surface area contributed by atoms with E-state index in [4.69, 9.17) is 0 Å². The molecule has 3 rings (SSSR count). The molecule has 1 N–H and O–H groups in total. The largest absolute Gasteiger partial charge is 0.301 e. The van der Waals surface area contributed by atoms with E-state index in [-0.39, 0.29) is 0 Å². The zero-order chi connectivity index (χ0) is 11.5. The first kappa shape index (κ1) is 10.5. The van der Waals surface area contributed by atoms with E-state index in [1.54, 1.807) is 6.20 Å². The topological polar surface area (TPSA) is 41.0 Å². The molecule has 1 aromatic carbocycles. The van der Waals surface area contributed by atoms with Crippen molar-refractivity contribution in [3.05, 3.63) is 30.5 Å². The number of aromatic nitrogens is 2. The number of benzene rings is 1. The van der Waals surface area contributed by atoms with Gasteiger partial charge in [-0.3, -0.25) is 0 Å². The number of fused-ring (bicyclic) bond motifs is 1. The fourth-order valence-corrected chi connectivity index (χ4v) is 2.27. The van der Waals surface area contributed by atoms with Gasteiger partial charge in [0.15, 0.2) is 5.82 Å². The summed E-state index contributed by atoms with van der Waals surface area (Å²) < 4.78 is 0. The molecule has 88 valence electrons. The molecule has 1 aromatic heterocycles. The van der Waals surface area contributed by atoms with Crippen molar-refractivity contribution in [3.8, 4) is 0 Å². The van der Waals surface area contributed by atoms with E-state index < -0.39 is 0 Å². The number of hydrazine groups is 1. The lowest BCUT2D eigenvalue weighted by Gasteiger charge is -2.27. The van der Waals surface area contributed by atoms with Gasteiger partial charge in [-0.05, 0) is 12.8 Å². The van der Waals surface area contributed by atoms with Crippen LogP contribution in [0.15, 0.2) is 30.5 Å². The van der Waals surface area contributed by atoms with Crippen molar-refractivity contribution >= 4 is 16.6 Å². The summed E-state index contributed by atoms with van der Waals surface area (Å²) in [5.41, 5.74) is 3.38. The maximum atomic E-state index is 4.20. The number of anilines is 1. The van der Waals surface area contributed by atoms with E-state index in [0.29, 0.717) is 0 Å². The lowest BCUT2D eigenvalue weighted by Crippen LogP contribution is -2.35. The highest BCUT2D eigenvalue weighted by atomic mass is 15.5. The van der Waals surface area contributed by atoms with Gasteiger partial charge in [-0.2, -0.15) is 5.10 Å². The predicted octanol–water partition coefficient (Wildman–Crippen LogP) is 2.44. The van der Waals surface area contributed by atoms with Gasteiger partial charge in [0.05, 0.1) is 6.20 Å². The van der Waals surface area contributed by atoms with Crippen molar-refractivity contribution in [2.45, 2.75) is 19.3 Å². The minimum atomic E-state index is 0.866. The number of nitrogens with zero attached hydrogens (tertiary/aromatic N) is 3.